The van der Waals surface area contributed by atoms with Gasteiger partial charge in [-0.1, -0.05) is 23.7 Å². The molecule has 2 rings (SSSR count). The molecule has 0 fully saturated rings. The number of nitrogens with one attached hydrogen (secondary N) is 1. The highest BCUT2D eigenvalue weighted by Gasteiger charge is 2.18. The number of rotatable bonds is 6. The number of halogens is 1. The van der Waals surface area contributed by atoms with Crippen LogP contribution < -0.4 is 5.32 Å². The van der Waals surface area contributed by atoms with Gasteiger partial charge in [-0.25, -0.2) is 0 Å². The van der Waals surface area contributed by atoms with E-state index in [9.17, 15) is 14.9 Å². The lowest BCUT2D eigenvalue weighted by Gasteiger charge is -2.06. The van der Waals surface area contributed by atoms with Gasteiger partial charge in [0.15, 0.2) is 0 Å². The number of carbonyl (C=O) groups is 1. The van der Waals surface area contributed by atoms with Crippen molar-refractivity contribution >= 4 is 23.2 Å². The third-order valence-corrected chi connectivity index (χ3v) is 3.45. The van der Waals surface area contributed by atoms with E-state index in [1.807, 2.05) is 6.92 Å². The third kappa shape index (κ3) is 3.82. The molecule has 0 atom stereocenters. The second-order valence-electron chi connectivity index (χ2n) is 4.71. The first-order valence-corrected chi connectivity index (χ1v) is 7.08. The molecule has 0 bridgehead atoms. The Labute approximate surface area is 132 Å². The van der Waals surface area contributed by atoms with Gasteiger partial charge in [-0.15, -0.1) is 0 Å². The Kier molecular flexibility index (Phi) is 5.11. The molecule has 2 aromatic rings. The van der Waals surface area contributed by atoms with E-state index in [4.69, 9.17) is 11.6 Å². The first kappa shape index (κ1) is 16.0. The van der Waals surface area contributed by atoms with E-state index in [0.29, 0.717) is 24.5 Å². The van der Waals surface area contributed by atoms with E-state index in [-0.39, 0.29) is 11.3 Å². The molecule has 0 unspecified atom stereocenters. The first-order chi connectivity index (χ1) is 10.5. The molecule has 1 aromatic carbocycles. The van der Waals surface area contributed by atoms with E-state index >= 15 is 0 Å². The molecular weight excluding hydrogens is 308 g/mol. The Morgan fingerprint density at radius 3 is 2.82 bits per heavy atom. The minimum atomic E-state index is -0.566. The lowest BCUT2D eigenvalue weighted by atomic mass is 10.1. The van der Waals surface area contributed by atoms with Gasteiger partial charge < -0.3 is 5.32 Å². The second-order valence-corrected chi connectivity index (χ2v) is 5.12. The van der Waals surface area contributed by atoms with E-state index in [0.717, 1.165) is 5.69 Å². The molecule has 1 amide bonds. The average Bonchev–Trinajstić information content (AvgIpc) is 2.82. The molecular formula is C14H15ClN4O3. The SMILES string of the molecule is Cc1nn(CCCNC(=O)c2ccccc2[N+](=O)[O-])cc1Cl. The van der Waals surface area contributed by atoms with E-state index in [1.165, 1.54) is 18.2 Å². The number of nitro groups is 1. The topological polar surface area (TPSA) is 90.1 Å². The van der Waals surface area contributed by atoms with Crippen LogP contribution >= 0.6 is 11.6 Å². The van der Waals surface area contributed by atoms with Gasteiger partial charge in [0.25, 0.3) is 11.6 Å². The summed E-state index contributed by atoms with van der Waals surface area (Å²) in [6.45, 7) is 2.81. The number of hydrogen-bond donors (Lipinski definition) is 1. The van der Waals surface area contributed by atoms with Gasteiger partial charge in [0.1, 0.15) is 5.56 Å². The lowest BCUT2D eigenvalue weighted by Crippen LogP contribution is -2.26. The van der Waals surface area contributed by atoms with Crippen molar-refractivity contribution in [1.82, 2.24) is 15.1 Å². The normalized spacial score (nSPS) is 10.5. The van der Waals surface area contributed by atoms with Crippen molar-refractivity contribution in [3.63, 3.8) is 0 Å². The highest BCUT2D eigenvalue weighted by molar-refractivity contribution is 6.31. The minimum absolute atomic E-state index is 0.0606. The molecule has 116 valence electrons. The van der Waals surface area contributed by atoms with Gasteiger partial charge in [-0.2, -0.15) is 5.10 Å². The zero-order valence-corrected chi connectivity index (χ0v) is 12.7. The summed E-state index contributed by atoms with van der Waals surface area (Å²) in [6.07, 6.45) is 2.37. The van der Waals surface area contributed by atoms with Crippen molar-refractivity contribution in [3.05, 3.63) is 56.9 Å². The molecule has 7 nitrogen and oxygen atoms in total. The van der Waals surface area contributed by atoms with E-state index < -0.39 is 10.8 Å². The molecule has 8 heteroatoms. The van der Waals surface area contributed by atoms with Gasteiger partial charge in [0.05, 0.1) is 15.6 Å². The summed E-state index contributed by atoms with van der Waals surface area (Å²) in [4.78, 5) is 22.3. The molecule has 1 N–H and O–H groups in total. The highest BCUT2D eigenvalue weighted by Crippen LogP contribution is 2.17. The molecule has 22 heavy (non-hydrogen) atoms. The molecule has 0 aliphatic carbocycles. The molecule has 0 radical (unpaired) electrons. The lowest BCUT2D eigenvalue weighted by molar-refractivity contribution is -0.385. The van der Waals surface area contributed by atoms with Gasteiger partial charge >= 0.3 is 0 Å². The van der Waals surface area contributed by atoms with Crippen LogP contribution in [0.1, 0.15) is 22.5 Å². The summed E-state index contributed by atoms with van der Waals surface area (Å²) < 4.78 is 1.70. The zero-order valence-electron chi connectivity index (χ0n) is 12.0. The summed E-state index contributed by atoms with van der Waals surface area (Å²) in [5.74, 6) is -0.457. The molecule has 1 aromatic heterocycles. The Bertz CT molecular complexity index is 680. The molecule has 0 aliphatic heterocycles. The molecule has 1 heterocycles. The van der Waals surface area contributed by atoms with Crippen molar-refractivity contribution in [2.75, 3.05) is 6.54 Å². The van der Waals surface area contributed by atoms with Crippen molar-refractivity contribution in [2.24, 2.45) is 0 Å². The maximum absolute atomic E-state index is 12.0. The summed E-state index contributed by atoms with van der Waals surface area (Å²) in [5, 5.41) is 18.4. The van der Waals surface area contributed by atoms with Crippen molar-refractivity contribution < 1.29 is 9.72 Å². The van der Waals surface area contributed by atoms with Crippen LogP contribution in [0.2, 0.25) is 5.02 Å². The Balaban J connectivity index is 1.87. The fraction of sp³-hybridized carbons (Fsp3) is 0.286. The van der Waals surface area contributed by atoms with Crippen LogP contribution in [0.5, 0.6) is 0 Å². The fourth-order valence-electron chi connectivity index (χ4n) is 1.97. The monoisotopic (exact) mass is 322 g/mol. The highest BCUT2D eigenvalue weighted by atomic mass is 35.5. The van der Waals surface area contributed by atoms with Crippen molar-refractivity contribution in [2.45, 2.75) is 19.9 Å². The summed E-state index contributed by atoms with van der Waals surface area (Å²) >= 11 is 5.90. The van der Waals surface area contributed by atoms with Gasteiger partial charge in [0.2, 0.25) is 0 Å². The maximum atomic E-state index is 12.0. The van der Waals surface area contributed by atoms with Crippen LogP contribution in [0, 0.1) is 17.0 Å². The molecule has 0 aliphatic rings. The number of hydrogen-bond acceptors (Lipinski definition) is 4. The Morgan fingerprint density at radius 1 is 1.45 bits per heavy atom. The smallest absolute Gasteiger partial charge is 0.282 e. The van der Waals surface area contributed by atoms with Crippen LogP contribution in [-0.2, 0) is 6.54 Å². The number of amides is 1. The number of nitrogens with zero attached hydrogens (tertiary/aromatic N) is 3. The molecule has 0 saturated heterocycles. The summed E-state index contributed by atoms with van der Waals surface area (Å²) in [7, 11) is 0. The predicted octanol–water partition coefficient (Wildman–Crippen LogP) is 2.57. The number of para-hydroxylation sites is 1. The van der Waals surface area contributed by atoms with Crippen LogP contribution in [0.25, 0.3) is 0 Å². The Hall–Kier alpha value is -2.41. The standard InChI is InChI=1S/C14H15ClN4O3/c1-10-12(15)9-18(17-10)8-4-7-16-14(20)11-5-2-3-6-13(11)19(21)22/h2-3,5-6,9H,4,7-8H2,1H3,(H,16,20). The quantitative estimate of drug-likeness (QED) is 0.503. The second kappa shape index (κ2) is 7.04. The van der Waals surface area contributed by atoms with Crippen molar-refractivity contribution in [1.29, 1.82) is 0 Å². The van der Waals surface area contributed by atoms with Crippen LogP contribution in [-0.4, -0.2) is 27.2 Å². The van der Waals surface area contributed by atoms with Crippen LogP contribution in [0.4, 0.5) is 5.69 Å². The van der Waals surface area contributed by atoms with E-state index in [2.05, 4.69) is 10.4 Å². The summed E-state index contributed by atoms with van der Waals surface area (Å²) in [6, 6.07) is 5.86. The van der Waals surface area contributed by atoms with Gasteiger partial charge in [-0.05, 0) is 19.4 Å². The number of benzene rings is 1. The number of carbonyl (C=O) groups excluding carboxylic acids is 1. The zero-order chi connectivity index (χ0) is 16.1. The number of nitro benzene ring substituents is 1. The van der Waals surface area contributed by atoms with Crippen LogP contribution in [0.15, 0.2) is 30.5 Å². The minimum Gasteiger partial charge on any atom is -0.352 e. The largest absolute Gasteiger partial charge is 0.352 e. The van der Waals surface area contributed by atoms with Crippen LogP contribution in [0.3, 0.4) is 0 Å². The summed E-state index contributed by atoms with van der Waals surface area (Å²) in [5.41, 5.74) is 0.616. The molecule has 0 spiro atoms. The van der Waals surface area contributed by atoms with Gasteiger partial charge in [0, 0.05) is 25.4 Å². The first-order valence-electron chi connectivity index (χ1n) is 6.70. The third-order valence-electron chi connectivity index (χ3n) is 3.08. The average molecular weight is 323 g/mol. The Morgan fingerprint density at radius 2 is 2.18 bits per heavy atom. The number of aromatic nitrogens is 2. The van der Waals surface area contributed by atoms with E-state index in [1.54, 1.807) is 16.9 Å². The maximum Gasteiger partial charge on any atom is 0.282 e. The molecule has 0 saturated carbocycles. The predicted molar refractivity (Wildman–Crippen MR) is 82.0 cm³/mol. The van der Waals surface area contributed by atoms with Crippen molar-refractivity contribution in [3.8, 4) is 0 Å². The number of aryl methyl sites for hydroxylation is 2. The van der Waals surface area contributed by atoms with Gasteiger partial charge in [-0.3, -0.25) is 19.6 Å². The fourth-order valence-corrected chi connectivity index (χ4v) is 2.12.